The Morgan fingerprint density at radius 1 is 1.07 bits per heavy atom. The Hall–Kier alpha value is -3.04. The number of carbonyl (C=O) groups excluding carboxylic acids is 1. The standard InChI is InChI=1S/C19H18N4O4S/c1-27-19(24)15-7-9-17(10-8-15)28(25,26)22-11-16(12-22)23-13-18(20-21-23)14-5-3-2-4-6-14/h2-10,13,16H,11-12H2,1H3. The van der Waals surface area contributed by atoms with Gasteiger partial charge in [0.1, 0.15) is 5.69 Å². The van der Waals surface area contributed by atoms with Crippen molar-refractivity contribution in [3.8, 4) is 11.3 Å². The molecule has 1 aliphatic heterocycles. The summed E-state index contributed by atoms with van der Waals surface area (Å²) in [4.78, 5) is 11.6. The lowest BCUT2D eigenvalue weighted by Gasteiger charge is -2.37. The Labute approximate surface area is 162 Å². The van der Waals surface area contributed by atoms with Crippen LogP contribution < -0.4 is 0 Å². The van der Waals surface area contributed by atoms with Crippen LogP contribution >= 0.6 is 0 Å². The van der Waals surface area contributed by atoms with Gasteiger partial charge >= 0.3 is 5.97 Å². The highest BCUT2D eigenvalue weighted by molar-refractivity contribution is 7.89. The minimum Gasteiger partial charge on any atom is -0.465 e. The molecule has 0 radical (unpaired) electrons. The summed E-state index contributed by atoms with van der Waals surface area (Å²) in [6, 6.07) is 15.3. The second-order valence-corrected chi connectivity index (χ2v) is 8.38. The molecule has 8 nitrogen and oxygen atoms in total. The van der Waals surface area contributed by atoms with Gasteiger partial charge in [-0.3, -0.25) is 0 Å². The van der Waals surface area contributed by atoms with Crippen molar-refractivity contribution in [1.29, 1.82) is 0 Å². The molecule has 9 heteroatoms. The highest BCUT2D eigenvalue weighted by atomic mass is 32.2. The zero-order valence-corrected chi connectivity index (χ0v) is 15.9. The van der Waals surface area contributed by atoms with Crippen LogP contribution in [0, 0.1) is 0 Å². The molecule has 0 unspecified atom stereocenters. The Kier molecular flexibility index (Phi) is 4.70. The largest absolute Gasteiger partial charge is 0.465 e. The van der Waals surface area contributed by atoms with E-state index in [0.29, 0.717) is 18.7 Å². The summed E-state index contributed by atoms with van der Waals surface area (Å²) in [6.45, 7) is 0.636. The van der Waals surface area contributed by atoms with Gasteiger partial charge in [-0.15, -0.1) is 5.10 Å². The molecule has 0 bridgehead atoms. The molecule has 1 aliphatic rings. The number of aromatic nitrogens is 3. The summed E-state index contributed by atoms with van der Waals surface area (Å²) in [5.41, 5.74) is 2.02. The van der Waals surface area contributed by atoms with Crippen molar-refractivity contribution in [1.82, 2.24) is 19.3 Å². The van der Waals surface area contributed by atoms with E-state index in [1.165, 1.54) is 35.7 Å². The van der Waals surface area contributed by atoms with Gasteiger partial charge in [0.25, 0.3) is 0 Å². The van der Waals surface area contributed by atoms with E-state index >= 15 is 0 Å². The lowest BCUT2D eigenvalue weighted by Crippen LogP contribution is -2.50. The second kappa shape index (κ2) is 7.17. The van der Waals surface area contributed by atoms with Crippen molar-refractivity contribution >= 4 is 16.0 Å². The highest BCUT2D eigenvalue weighted by Crippen LogP contribution is 2.29. The molecule has 0 spiro atoms. The van der Waals surface area contributed by atoms with E-state index < -0.39 is 16.0 Å². The summed E-state index contributed by atoms with van der Waals surface area (Å²) in [5, 5.41) is 8.31. The van der Waals surface area contributed by atoms with E-state index in [2.05, 4.69) is 15.0 Å². The van der Waals surface area contributed by atoms with Crippen molar-refractivity contribution in [2.45, 2.75) is 10.9 Å². The second-order valence-electron chi connectivity index (χ2n) is 6.44. The third-order valence-electron chi connectivity index (χ3n) is 4.70. The predicted octanol–water partition coefficient (Wildman–Crippen LogP) is 1.98. The first-order chi connectivity index (χ1) is 13.5. The number of rotatable bonds is 5. The van der Waals surface area contributed by atoms with E-state index in [0.717, 1.165) is 11.3 Å². The van der Waals surface area contributed by atoms with Crippen molar-refractivity contribution in [2.24, 2.45) is 0 Å². The van der Waals surface area contributed by atoms with Crippen LogP contribution in [-0.4, -0.2) is 53.9 Å². The molecule has 28 heavy (non-hydrogen) atoms. The predicted molar refractivity (Wildman–Crippen MR) is 101 cm³/mol. The molecule has 1 saturated heterocycles. The van der Waals surface area contributed by atoms with Crippen molar-refractivity contribution in [3.05, 3.63) is 66.4 Å². The fourth-order valence-corrected chi connectivity index (χ4v) is 4.52. The maximum atomic E-state index is 12.7. The van der Waals surface area contributed by atoms with Gasteiger partial charge in [-0.1, -0.05) is 35.5 Å². The topological polar surface area (TPSA) is 94.4 Å². The first-order valence-electron chi connectivity index (χ1n) is 8.65. The maximum Gasteiger partial charge on any atom is 0.337 e. The Morgan fingerprint density at radius 3 is 2.39 bits per heavy atom. The summed E-state index contributed by atoms with van der Waals surface area (Å²) in [7, 11) is -2.34. The van der Waals surface area contributed by atoms with Gasteiger partial charge in [0.2, 0.25) is 10.0 Å². The van der Waals surface area contributed by atoms with Crippen molar-refractivity contribution in [3.63, 3.8) is 0 Å². The molecule has 4 rings (SSSR count). The number of hydrogen-bond donors (Lipinski definition) is 0. The van der Waals surface area contributed by atoms with Crippen LogP contribution in [0.15, 0.2) is 65.7 Å². The zero-order chi connectivity index (χ0) is 19.7. The molecule has 0 atom stereocenters. The molecule has 3 aromatic rings. The molecular formula is C19H18N4O4S. The number of sulfonamides is 1. The summed E-state index contributed by atoms with van der Waals surface area (Å²) in [6.07, 6.45) is 1.83. The van der Waals surface area contributed by atoms with Crippen LogP contribution in [0.4, 0.5) is 0 Å². The SMILES string of the molecule is COC(=O)c1ccc(S(=O)(=O)N2CC(n3cc(-c4ccccc4)nn3)C2)cc1. The average Bonchev–Trinajstić information content (AvgIpc) is 3.16. The van der Waals surface area contributed by atoms with Gasteiger partial charge in [-0.2, -0.15) is 4.31 Å². The van der Waals surface area contributed by atoms with Gasteiger partial charge in [-0.25, -0.2) is 17.9 Å². The zero-order valence-electron chi connectivity index (χ0n) is 15.1. The van der Waals surface area contributed by atoms with Crippen LogP contribution in [0.2, 0.25) is 0 Å². The summed E-state index contributed by atoms with van der Waals surface area (Å²) >= 11 is 0. The minimum atomic E-state index is -3.62. The molecule has 0 amide bonds. The third kappa shape index (κ3) is 3.30. The Balaban J connectivity index is 1.44. The normalized spacial score (nSPS) is 15.2. The van der Waals surface area contributed by atoms with Crippen molar-refractivity contribution < 1.29 is 17.9 Å². The van der Waals surface area contributed by atoms with Gasteiger partial charge in [0.15, 0.2) is 0 Å². The molecule has 0 saturated carbocycles. The van der Waals surface area contributed by atoms with E-state index in [4.69, 9.17) is 0 Å². The van der Waals surface area contributed by atoms with Crippen molar-refractivity contribution in [2.75, 3.05) is 20.2 Å². The molecule has 1 fully saturated rings. The molecule has 2 heterocycles. The van der Waals surface area contributed by atoms with E-state index in [1.54, 1.807) is 4.68 Å². The Morgan fingerprint density at radius 2 is 1.75 bits per heavy atom. The van der Waals surface area contributed by atoms with E-state index in [1.807, 2.05) is 36.5 Å². The fourth-order valence-electron chi connectivity index (χ4n) is 3.01. The monoisotopic (exact) mass is 398 g/mol. The van der Waals surface area contributed by atoms with Gasteiger partial charge < -0.3 is 4.74 Å². The van der Waals surface area contributed by atoms with Crippen LogP contribution in [0.1, 0.15) is 16.4 Å². The Bertz CT molecular complexity index is 1090. The third-order valence-corrected chi connectivity index (χ3v) is 6.54. The number of ether oxygens (including phenoxy) is 1. The van der Waals surface area contributed by atoms with Crippen LogP contribution in [-0.2, 0) is 14.8 Å². The molecule has 1 aromatic heterocycles. The lowest BCUT2D eigenvalue weighted by atomic mass is 10.1. The van der Waals surface area contributed by atoms with Crippen LogP contribution in [0.3, 0.4) is 0 Å². The van der Waals surface area contributed by atoms with Gasteiger partial charge in [0.05, 0.1) is 29.8 Å². The van der Waals surface area contributed by atoms with Gasteiger partial charge in [0, 0.05) is 18.7 Å². The number of benzene rings is 2. The maximum absolute atomic E-state index is 12.7. The smallest absolute Gasteiger partial charge is 0.337 e. The summed E-state index contributed by atoms with van der Waals surface area (Å²) in [5.74, 6) is -0.506. The van der Waals surface area contributed by atoms with E-state index in [9.17, 15) is 13.2 Å². The summed E-state index contributed by atoms with van der Waals surface area (Å²) < 4.78 is 33.2. The minimum absolute atomic E-state index is 0.0610. The van der Waals surface area contributed by atoms with Crippen LogP contribution in [0.5, 0.6) is 0 Å². The van der Waals surface area contributed by atoms with Gasteiger partial charge in [-0.05, 0) is 24.3 Å². The first-order valence-corrected chi connectivity index (χ1v) is 10.1. The molecular weight excluding hydrogens is 380 g/mol. The molecule has 2 aromatic carbocycles. The van der Waals surface area contributed by atoms with Crippen LogP contribution in [0.25, 0.3) is 11.3 Å². The average molecular weight is 398 g/mol. The fraction of sp³-hybridized carbons (Fsp3) is 0.211. The number of hydrogen-bond acceptors (Lipinski definition) is 6. The molecule has 0 aliphatic carbocycles. The molecule has 144 valence electrons. The number of carbonyl (C=O) groups is 1. The number of nitrogens with zero attached hydrogens (tertiary/aromatic N) is 4. The molecule has 0 N–H and O–H groups in total. The number of esters is 1. The van der Waals surface area contributed by atoms with E-state index in [-0.39, 0.29) is 10.9 Å². The number of methoxy groups -OCH3 is 1. The first kappa shape index (κ1) is 18.3. The highest BCUT2D eigenvalue weighted by Gasteiger charge is 2.38. The quantitative estimate of drug-likeness (QED) is 0.610. The lowest BCUT2D eigenvalue weighted by molar-refractivity contribution is 0.0600.